The van der Waals surface area contributed by atoms with Crippen LogP contribution in [0.1, 0.15) is 12.8 Å². The van der Waals surface area contributed by atoms with Crippen LogP contribution in [0.5, 0.6) is 0 Å². The molecule has 1 fully saturated rings. The molecule has 1 aliphatic rings. The van der Waals surface area contributed by atoms with Gasteiger partial charge in [-0.2, -0.15) is 0 Å². The molecule has 0 unspecified atom stereocenters. The summed E-state index contributed by atoms with van der Waals surface area (Å²) in [7, 11) is 1.66. The van der Waals surface area contributed by atoms with Crippen LogP contribution in [0.2, 0.25) is 0 Å². The maximum absolute atomic E-state index is 12.9. The summed E-state index contributed by atoms with van der Waals surface area (Å²) in [4.78, 5) is 27.3. The van der Waals surface area contributed by atoms with E-state index in [1.54, 1.807) is 7.11 Å². The fourth-order valence-electron chi connectivity index (χ4n) is 3.95. The van der Waals surface area contributed by atoms with Crippen LogP contribution in [0.3, 0.4) is 0 Å². The predicted molar refractivity (Wildman–Crippen MR) is 132 cm³/mol. The molecule has 0 spiro atoms. The first-order valence-electron chi connectivity index (χ1n) is 11.4. The molecule has 2 heterocycles. The van der Waals surface area contributed by atoms with Crippen molar-refractivity contribution in [2.75, 3.05) is 37.9 Å². The number of hydrogen-bond donors (Lipinski definition) is 1. The van der Waals surface area contributed by atoms with Crippen molar-refractivity contribution >= 4 is 29.3 Å². The largest absolute Gasteiger partial charge is 0.383 e. The number of benzene rings is 2. The summed E-state index contributed by atoms with van der Waals surface area (Å²) in [5.74, 6) is 1.03. The number of carbonyl (C=O) groups excluding carboxylic acids is 2. The molecule has 0 aliphatic carbocycles. The Labute approximate surface area is 203 Å². The van der Waals surface area contributed by atoms with Crippen LogP contribution in [0.4, 0.5) is 5.69 Å². The first-order valence-corrected chi connectivity index (χ1v) is 12.4. The number of ether oxygens (including phenoxy) is 1. The van der Waals surface area contributed by atoms with E-state index in [2.05, 4.69) is 15.5 Å². The maximum Gasteiger partial charge on any atom is 0.233 e. The number of likely N-dealkylation sites (tertiary alicyclic amines) is 1. The van der Waals surface area contributed by atoms with E-state index in [-0.39, 0.29) is 23.5 Å². The zero-order valence-corrected chi connectivity index (χ0v) is 20.0. The first kappa shape index (κ1) is 24.0. The molecule has 2 amide bonds. The third kappa shape index (κ3) is 6.03. The number of nitrogens with zero attached hydrogens (tertiary/aromatic N) is 4. The lowest BCUT2D eigenvalue weighted by atomic mass is 9.96. The van der Waals surface area contributed by atoms with Crippen LogP contribution in [0.25, 0.3) is 11.4 Å². The summed E-state index contributed by atoms with van der Waals surface area (Å²) >= 11 is 1.39. The Bertz CT molecular complexity index is 1080. The van der Waals surface area contributed by atoms with Gasteiger partial charge in [-0.15, -0.1) is 10.2 Å². The number of thioether (sulfide) groups is 1. The summed E-state index contributed by atoms with van der Waals surface area (Å²) in [6.45, 7) is 2.29. The molecular formula is C25H29N5O3S. The van der Waals surface area contributed by atoms with Gasteiger partial charge in [0.15, 0.2) is 11.0 Å². The number of carbonyl (C=O) groups is 2. The van der Waals surface area contributed by atoms with Gasteiger partial charge < -0.3 is 15.0 Å². The van der Waals surface area contributed by atoms with Crippen molar-refractivity contribution in [3.05, 3.63) is 60.7 Å². The van der Waals surface area contributed by atoms with Gasteiger partial charge >= 0.3 is 0 Å². The lowest BCUT2D eigenvalue weighted by molar-refractivity contribution is -0.132. The molecular weight excluding hydrogens is 450 g/mol. The quantitative estimate of drug-likeness (QED) is 0.472. The van der Waals surface area contributed by atoms with Gasteiger partial charge in [0.05, 0.1) is 18.9 Å². The third-order valence-corrected chi connectivity index (χ3v) is 6.80. The Morgan fingerprint density at radius 2 is 1.71 bits per heavy atom. The number of aromatic nitrogens is 3. The van der Waals surface area contributed by atoms with Crippen molar-refractivity contribution in [1.29, 1.82) is 0 Å². The molecule has 178 valence electrons. The number of anilines is 1. The molecule has 0 saturated carbocycles. The smallest absolute Gasteiger partial charge is 0.233 e. The Kier molecular flexibility index (Phi) is 8.32. The van der Waals surface area contributed by atoms with Gasteiger partial charge in [-0.1, -0.05) is 60.3 Å². The number of piperidine rings is 1. The molecule has 9 heteroatoms. The lowest BCUT2D eigenvalue weighted by Crippen LogP contribution is -2.42. The minimum absolute atomic E-state index is 0.0207. The molecule has 34 heavy (non-hydrogen) atoms. The SMILES string of the molecule is COCCn1c(SCC(=O)N2CCC(C(=O)Nc3ccccc3)CC2)nnc1-c1ccccc1. The number of nitrogens with one attached hydrogen (secondary N) is 1. The van der Waals surface area contributed by atoms with Gasteiger partial charge in [0.1, 0.15) is 0 Å². The van der Waals surface area contributed by atoms with E-state index < -0.39 is 0 Å². The minimum Gasteiger partial charge on any atom is -0.383 e. The topological polar surface area (TPSA) is 89.4 Å². The summed E-state index contributed by atoms with van der Waals surface area (Å²) in [6.07, 6.45) is 1.33. The fraction of sp³-hybridized carbons (Fsp3) is 0.360. The van der Waals surface area contributed by atoms with Gasteiger partial charge in [-0.3, -0.25) is 14.2 Å². The van der Waals surface area contributed by atoms with E-state index in [0.717, 1.165) is 17.1 Å². The summed E-state index contributed by atoms with van der Waals surface area (Å²) in [6, 6.07) is 19.3. The van der Waals surface area contributed by atoms with Crippen LogP contribution in [-0.4, -0.2) is 64.0 Å². The van der Waals surface area contributed by atoms with Crippen LogP contribution in [0, 0.1) is 5.92 Å². The standard InChI is InChI=1S/C25H29N5O3S/c1-33-17-16-30-23(19-8-4-2-5-9-19)27-28-25(30)34-18-22(31)29-14-12-20(13-15-29)24(32)26-21-10-6-3-7-11-21/h2-11,20H,12-18H2,1H3,(H,26,32). The van der Waals surface area contributed by atoms with Crippen molar-refractivity contribution < 1.29 is 14.3 Å². The highest BCUT2D eigenvalue weighted by atomic mass is 32.2. The Morgan fingerprint density at radius 1 is 1.03 bits per heavy atom. The molecule has 1 aromatic heterocycles. The second kappa shape index (κ2) is 11.8. The molecule has 0 bridgehead atoms. The van der Waals surface area contributed by atoms with E-state index >= 15 is 0 Å². The monoisotopic (exact) mass is 479 g/mol. The highest BCUT2D eigenvalue weighted by Crippen LogP contribution is 2.25. The van der Waals surface area contributed by atoms with Crippen LogP contribution in [0.15, 0.2) is 65.8 Å². The van der Waals surface area contributed by atoms with Crippen LogP contribution in [-0.2, 0) is 20.9 Å². The number of hydrogen-bond acceptors (Lipinski definition) is 6. The van der Waals surface area contributed by atoms with Crippen molar-refractivity contribution in [3.63, 3.8) is 0 Å². The van der Waals surface area contributed by atoms with Gasteiger partial charge in [0.25, 0.3) is 0 Å². The van der Waals surface area contributed by atoms with Crippen molar-refractivity contribution in [1.82, 2.24) is 19.7 Å². The van der Waals surface area contributed by atoms with Gasteiger partial charge in [-0.25, -0.2) is 0 Å². The van der Waals surface area contributed by atoms with Crippen molar-refractivity contribution in [3.8, 4) is 11.4 Å². The predicted octanol–water partition coefficient (Wildman–Crippen LogP) is 3.56. The summed E-state index contributed by atoms with van der Waals surface area (Å²) in [5.41, 5.74) is 1.77. The highest BCUT2D eigenvalue weighted by molar-refractivity contribution is 7.99. The Morgan fingerprint density at radius 3 is 2.38 bits per heavy atom. The number of rotatable bonds is 9. The van der Waals surface area contributed by atoms with E-state index in [1.165, 1.54) is 11.8 Å². The second-order valence-electron chi connectivity index (χ2n) is 8.12. The Hall–Kier alpha value is -3.17. The van der Waals surface area contributed by atoms with Gasteiger partial charge in [0.2, 0.25) is 11.8 Å². The summed E-state index contributed by atoms with van der Waals surface area (Å²) < 4.78 is 7.25. The Balaban J connectivity index is 1.31. The minimum atomic E-state index is -0.0810. The van der Waals surface area contributed by atoms with Crippen LogP contribution >= 0.6 is 11.8 Å². The van der Waals surface area contributed by atoms with Crippen molar-refractivity contribution in [2.45, 2.75) is 24.5 Å². The normalized spacial score (nSPS) is 14.2. The van der Waals surface area contributed by atoms with Crippen LogP contribution < -0.4 is 5.32 Å². The van der Waals surface area contributed by atoms with E-state index in [4.69, 9.17) is 4.74 Å². The fourth-order valence-corrected chi connectivity index (χ4v) is 4.82. The maximum atomic E-state index is 12.9. The van der Waals surface area contributed by atoms with Crippen molar-refractivity contribution in [2.24, 2.45) is 5.92 Å². The average molecular weight is 480 g/mol. The van der Waals surface area contributed by atoms with Gasteiger partial charge in [-0.05, 0) is 25.0 Å². The van der Waals surface area contributed by atoms with E-state index in [0.29, 0.717) is 44.2 Å². The zero-order valence-electron chi connectivity index (χ0n) is 19.2. The first-order chi connectivity index (χ1) is 16.7. The summed E-state index contributed by atoms with van der Waals surface area (Å²) in [5, 5.41) is 12.4. The molecule has 0 radical (unpaired) electrons. The number of amides is 2. The molecule has 3 aromatic rings. The molecule has 8 nitrogen and oxygen atoms in total. The number of para-hydroxylation sites is 1. The average Bonchev–Trinajstić information content (AvgIpc) is 3.29. The highest BCUT2D eigenvalue weighted by Gasteiger charge is 2.27. The van der Waals surface area contributed by atoms with E-state index in [1.807, 2.05) is 70.1 Å². The second-order valence-corrected chi connectivity index (χ2v) is 9.06. The third-order valence-electron chi connectivity index (χ3n) is 5.85. The number of methoxy groups -OCH3 is 1. The molecule has 0 atom stereocenters. The van der Waals surface area contributed by atoms with Gasteiger partial charge in [0, 0.05) is 37.4 Å². The molecule has 4 rings (SSSR count). The molecule has 1 N–H and O–H groups in total. The molecule has 1 saturated heterocycles. The lowest BCUT2D eigenvalue weighted by Gasteiger charge is -2.31. The molecule has 1 aliphatic heterocycles. The zero-order chi connectivity index (χ0) is 23.8. The molecule has 2 aromatic carbocycles. The van der Waals surface area contributed by atoms with E-state index in [9.17, 15) is 9.59 Å².